The van der Waals surface area contributed by atoms with E-state index in [0.717, 1.165) is 81.9 Å². The average Bonchev–Trinajstić information content (AvgIpc) is 3.66. The molecule has 0 radical (unpaired) electrons. The van der Waals surface area contributed by atoms with Gasteiger partial charge in [-0.2, -0.15) is 0 Å². The summed E-state index contributed by atoms with van der Waals surface area (Å²) in [6, 6.07) is 43.6. The van der Waals surface area contributed by atoms with Crippen LogP contribution in [-0.4, -0.2) is 19.3 Å². The van der Waals surface area contributed by atoms with Gasteiger partial charge in [0.1, 0.15) is 23.1 Å². The van der Waals surface area contributed by atoms with Crippen LogP contribution in [-0.2, 0) is 12.8 Å². The number of hydrogen-bond acceptors (Lipinski definition) is 4. The molecule has 6 heteroatoms. The fourth-order valence-electron chi connectivity index (χ4n) is 7.34. The molecule has 0 aliphatic heterocycles. The summed E-state index contributed by atoms with van der Waals surface area (Å²) in [4.78, 5) is 4.74. The summed E-state index contributed by atoms with van der Waals surface area (Å²) in [5.41, 5.74) is 10.1. The summed E-state index contributed by atoms with van der Waals surface area (Å²) in [5, 5.41) is 7.47. The van der Waals surface area contributed by atoms with Crippen molar-refractivity contribution in [2.45, 2.75) is 53.4 Å². The Morgan fingerprint density at radius 2 is 1.27 bits per heavy atom. The maximum Gasteiger partial charge on any atom is 0.246 e. The molecular weight excluding hydrogens is 641 g/mol. The van der Waals surface area contributed by atoms with Crippen LogP contribution >= 0.6 is 0 Å². The van der Waals surface area contributed by atoms with Crippen LogP contribution in [0.3, 0.4) is 0 Å². The largest absolute Gasteiger partial charge is 0.457 e. The number of aromatic nitrogens is 4. The van der Waals surface area contributed by atoms with Crippen LogP contribution < -0.4 is 9.47 Å². The maximum absolute atomic E-state index is 6.61. The molecule has 8 rings (SSSR count). The minimum Gasteiger partial charge on any atom is -0.457 e. The minimum atomic E-state index is 0.596. The minimum absolute atomic E-state index is 0.596. The number of rotatable bonds is 11. The molecule has 0 saturated carbocycles. The van der Waals surface area contributed by atoms with Gasteiger partial charge in [0.25, 0.3) is 0 Å². The lowest BCUT2D eigenvalue weighted by atomic mass is 9.90. The molecule has 0 aliphatic rings. The number of ether oxygens (including phenoxy) is 2. The molecular formula is C46H42N4O2. The van der Waals surface area contributed by atoms with Crippen LogP contribution in [0.25, 0.3) is 44.4 Å². The molecule has 0 aliphatic carbocycles. The normalized spacial score (nSPS) is 11.4. The molecule has 6 nitrogen and oxygen atoms in total. The number of para-hydroxylation sites is 2. The van der Waals surface area contributed by atoms with E-state index < -0.39 is 0 Å². The van der Waals surface area contributed by atoms with Crippen molar-refractivity contribution < 1.29 is 9.47 Å². The molecule has 0 amide bonds. The lowest BCUT2D eigenvalue weighted by Crippen LogP contribution is -2.01. The molecule has 0 saturated heterocycles. The van der Waals surface area contributed by atoms with Gasteiger partial charge in [-0.15, -0.1) is 5.10 Å². The molecule has 3 aromatic heterocycles. The Morgan fingerprint density at radius 1 is 0.577 bits per heavy atom. The highest BCUT2D eigenvalue weighted by atomic mass is 16.5. The molecule has 0 fully saturated rings. The van der Waals surface area contributed by atoms with E-state index in [1.165, 1.54) is 22.1 Å². The summed E-state index contributed by atoms with van der Waals surface area (Å²) in [7, 11) is 0. The van der Waals surface area contributed by atoms with Crippen LogP contribution in [0.4, 0.5) is 0 Å². The van der Waals surface area contributed by atoms with E-state index in [-0.39, 0.29) is 0 Å². The third kappa shape index (κ3) is 6.21. The summed E-state index contributed by atoms with van der Waals surface area (Å²) in [6.07, 6.45) is 5.93. The van der Waals surface area contributed by atoms with Gasteiger partial charge in [-0.25, -0.2) is 9.67 Å². The van der Waals surface area contributed by atoms with E-state index in [1.54, 1.807) is 0 Å². The van der Waals surface area contributed by atoms with Crippen molar-refractivity contribution in [3.8, 4) is 45.8 Å². The molecule has 52 heavy (non-hydrogen) atoms. The van der Waals surface area contributed by atoms with Gasteiger partial charge >= 0.3 is 0 Å². The van der Waals surface area contributed by atoms with Gasteiger partial charge in [0.2, 0.25) is 5.88 Å². The fraction of sp³-hybridized carbons (Fsp3) is 0.174. The molecule has 0 spiro atoms. The number of aryl methyl sites for hydroxylation is 3. The third-order valence-electron chi connectivity index (χ3n) is 9.64. The van der Waals surface area contributed by atoms with Crippen molar-refractivity contribution in [1.82, 2.24) is 19.3 Å². The Bertz CT molecular complexity index is 2500. The molecule has 0 N–H and O–H groups in total. The van der Waals surface area contributed by atoms with Gasteiger partial charge in [-0.1, -0.05) is 87.4 Å². The van der Waals surface area contributed by atoms with Gasteiger partial charge in [-0.05, 0) is 104 Å². The Labute approximate surface area is 304 Å². The first-order valence-corrected chi connectivity index (χ1v) is 18.2. The first-order valence-electron chi connectivity index (χ1n) is 18.2. The zero-order chi connectivity index (χ0) is 35.6. The van der Waals surface area contributed by atoms with Crippen LogP contribution in [0, 0.1) is 13.8 Å². The van der Waals surface area contributed by atoms with Crippen molar-refractivity contribution in [2.75, 3.05) is 0 Å². The van der Waals surface area contributed by atoms with E-state index in [2.05, 4.69) is 99.0 Å². The van der Waals surface area contributed by atoms with Gasteiger partial charge in [0.15, 0.2) is 0 Å². The SMILES string of the molecule is CCCc1cccc(CCC)c1-c1c(Oc2ccccc2)nn(-c2cccc(Oc3ccc4c5ccccc5n(-c5cc(C)ccn5)c4c3)c2)c1C. The van der Waals surface area contributed by atoms with Crippen molar-refractivity contribution in [1.29, 1.82) is 0 Å². The second kappa shape index (κ2) is 14.2. The van der Waals surface area contributed by atoms with E-state index in [4.69, 9.17) is 19.6 Å². The number of fused-ring (bicyclic) bond motifs is 3. The number of pyridine rings is 1. The van der Waals surface area contributed by atoms with Crippen molar-refractivity contribution >= 4 is 21.8 Å². The van der Waals surface area contributed by atoms with Gasteiger partial charge in [-0.3, -0.25) is 4.57 Å². The molecule has 3 heterocycles. The van der Waals surface area contributed by atoms with Gasteiger partial charge in [0.05, 0.1) is 28.0 Å². The first-order chi connectivity index (χ1) is 25.5. The number of hydrogen-bond donors (Lipinski definition) is 0. The molecule has 0 unspecified atom stereocenters. The highest BCUT2D eigenvalue weighted by molar-refractivity contribution is 6.09. The number of nitrogens with zero attached hydrogens (tertiary/aromatic N) is 4. The van der Waals surface area contributed by atoms with Crippen LogP contribution in [0.2, 0.25) is 0 Å². The first kappa shape index (κ1) is 33.0. The highest BCUT2D eigenvalue weighted by Crippen LogP contribution is 2.42. The smallest absolute Gasteiger partial charge is 0.246 e. The van der Waals surface area contributed by atoms with Crippen molar-refractivity contribution in [3.63, 3.8) is 0 Å². The molecule has 8 aromatic rings. The molecule has 258 valence electrons. The van der Waals surface area contributed by atoms with Crippen LogP contribution in [0.5, 0.6) is 23.1 Å². The average molecular weight is 683 g/mol. The zero-order valence-electron chi connectivity index (χ0n) is 30.1. The lowest BCUT2D eigenvalue weighted by molar-refractivity contribution is 0.458. The standard InChI is InChI=1S/C46H42N4O2/c1-5-14-33-16-12-17-34(15-6-2)45(33)44-32(4)50(48-46(44)52-36-19-8-7-9-20-36)35-18-13-21-37(29-35)51-38-24-25-40-39-22-10-11-23-41(39)49(42(40)30-38)43-28-31(3)26-27-47-43/h7-13,16-30H,5-6,14-15H2,1-4H3. The molecule has 5 aromatic carbocycles. The highest BCUT2D eigenvalue weighted by Gasteiger charge is 2.24. The molecule has 0 bridgehead atoms. The van der Waals surface area contributed by atoms with Crippen molar-refractivity contribution in [2.24, 2.45) is 0 Å². The monoisotopic (exact) mass is 682 g/mol. The fourth-order valence-corrected chi connectivity index (χ4v) is 7.34. The lowest BCUT2D eigenvalue weighted by Gasteiger charge is -2.16. The van der Waals surface area contributed by atoms with E-state index in [0.29, 0.717) is 11.6 Å². The van der Waals surface area contributed by atoms with Crippen molar-refractivity contribution in [3.05, 3.63) is 156 Å². The Morgan fingerprint density at radius 3 is 2.04 bits per heavy atom. The third-order valence-corrected chi connectivity index (χ3v) is 9.64. The predicted molar refractivity (Wildman–Crippen MR) is 212 cm³/mol. The second-order valence-electron chi connectivity index (χ2n) is 13.4. The number of benzene rings is 5. The Hall–Kier alpha value is -6.14. The summed E-state index contributed by atoms with van der Waals surface area (Å²) in [5.74, 6) is 3.69. The Balaban J connectivity index is 1.22. The Kier molecular flexibility index (Phi) is 9.04. The van der Waals surface area contributed by atoms with E-state index in [9.17, 15) is 0 Å². The summed E-state index contributed by atoms with van der Waals surface area (Å²) in [6.45, 7) is 8.69. The molecule has 0 atom stereocenters. The second-order valence-corrected chi connectivity index (χ2v) is 13.4. The summed E-state index contributed by atoms with van der Waals surface area (Å²) >= 11 is 0. The topological polar surface area (TPSA) is 54.1 Å². The van der Waals surface area contributed by atoms with E-state index >= 15 is 0 Å². The zero-order valence-corrected chi connectivity index (χ0v) is 30.1. The van der Waals surface area contributed by atoms with Crippen LogP contribution in [0.1, 0.15) is 49.1 Å². The van der Waals surface area contributed by atoms with E-state index in [1.807, 2.05) is 71.5 Å². The summed E-state index contributed by atoms with van der Waals surface area (Å²) < 4.78 is 17.4. The van der Waals surface area contributed by atoms with Gasteiger partial charge in [0, 0.05) is 29.1 Å². The predicted octanol–water partition coefficient (Wildman–Crippen LogP) is 12.1. The quantitative estimate of drug-likeness (QED) is 0.136. The van der Waals surface area contributed by atoms with Gasteiger partial charge < -0.3 is 9.47 Å². The maximum atomic E-state index is 6.61. The van der Waals surface area contributed by atoms with Crippen LogP contribution in [0.15, 0.2) is 134 Å².